The molecule has 2 aliphatic carbocycles. The highest BCUT2D eigenvalue weighted by molar-refractivity contribution is 5.89. The first-order valence-electron chi connectivity index (χ1n) is 9.24. The molecule has 0 bridgehead atoms. The lowest BCUT2D eigenvalue weighted by Crippen LogP contribution is -2.44. The van der Waals surface area contributed by atoms with Gasteiger partial charge in [-0.15, -0.1) is 0 Å². The van der Waals surface area contributed by atoms with Crippen molar-refractivity contribution in [1.82, 2.24) is 0 Å². The number of carbonyl (C=O) groups excluding carboxylic acids is 2. The van der Waals surface area contributed by atoms with Crippen LogP contribution in [0.5, 0.6) is 0 Å². The topological polar surface area (TPSA) is 110 Å². The summed E-state index contributed by atoms with van der Waals surface area (Å²) in [6, 6.07) is 0. The summed E-state index contributed by atoms with van der Waals surface area (Å²) in [7, 11) is 0. The smallest absolute Gasteiger partial charge is 0.336 e. The number of hydrogen-bond acceptors (Lipinski definition) is 6. The molecule has 2 saturated carbocycles. The molecule has 142 valence electrons. The minimum atomic E-state index is -2.49. The predicted molar refractivity (Wildman–Crippen MR) is 87.7 cm³/mol. The molecule has 0 aromatic heterocycles. The Bertz CT molecular complexity index is 442. The van der Waals surface area contributed by atoms with Crippen LogP contribution in [0, 0.1) is 0 Å². The van der Waals surface area contributed by atoms with E-state index >= 15 is 0 Å². The van der Waals surface area contributed by atoms with Crippen LogP contribution in [0.1, 0.15) is 77.0 Å². The number of ether oxygens (including phenoxy) is 2. The van der Waals surface area contributed by atoms with Gasteiger partial charge < -0.3 is 19.7 Å². The molecule has 7 nitrogen and oxygen atoms in total. The van der Waals surface area contributed by atoms with E-state index in [1.54, 1.807) is 0 Å². The van der Waals surface area contributed by atoms with E-state index in [2.05, 4.69) is 0 Å². The van der Waals surface area contributed by atoms with E-state index in [-0.39, 0.29) is 12.2 Å². The fourth-order valence-electron chi connectivity index (χ4n) is 3.51. The SMILES string of the molecule is O=C(CC(O)(CC(=O)OC1CCCCC1)C(=O)O)OC1CCCCC1. The van der Waals surface area contributed by atoms with Crippen molar-refractivity contribution in [1.29, 1.82) is 0 Å². The summed E-state index contributed by atoms with van der Waals surface area (Å²) in [6.45, 7) is 0. The van der Waals surface area contributed by atoms with Crippen LogP contribution in [0.25, 0.3) is 0 Å². The van der Waals surface area contributed by atoms with E-state index in [0.717, 1.165) is 64.2 Å². The third-order valence-electron chi connectivity index (χ3n) is 4.97. The molecule has 0 spiro atoms. The highest BCUT2D eigenvalue weighted by atomic mass is 16.6. The van der Waals surface area contributed by atoms with Crippen molar-refractivity contribution in [3.8, 4) is 0 Å². The third kappa shape index (κ3) is 6.30. The van der Waals surface area contributed by atoms with Crippen molar-refractivity contribution in [2.45, 2.75) is 94.9 Å². The van der Waals surface area contributed by atoms with Gasteiger partial charge in [-0.25, -0.2) is 4.79 Å². The monoisotopic (exact) mass is 356 g/mol. The molecule has 0 amide bonds. The normalized spacial score (nSPS) is 20.0. The highest BCUT2D eigenvalue weighted by Crippen LogP contribution is 2.25. The van der Waals surface area contributed by atoms with Crippen LogP contribution in [-0.2, 0) is 23.9 Å². The van der Waals surface area contributed by atoms with Crippen LogP contribution in [0.15, 0.2) is 0 Å². The average molecular weight is 356 g/mol. The lowest BCUT2D eigenvalue weighted by molar-refractivity contribution is -0.176. The van der Waals surface area contributed by atoms with Crippen LogP contribution < -0.4 is 0 Å². The molecule has 2 fully saturated rings. The van der Waals surface area contributed by atoms with Crippen molar-refractivity contribution in [3.63, 3.8) is 0 Å². The maximum absolute atomic E-state index is 12.0. The second kappa shape index (κ2) is 9.17. The number of carbonyl (C=O) groups is 3. The molecule has 0 aromatic carbocycles. The maximum atomic E-state index is 12.0. The van der Waals surface area contributed by atoms with Crippen LogP contribution in [0.2, 0.25) is 0 Å². The molecule has 0 heterocycles. The second-order valence-electron chi connectivity index (χ2n) is 7.19. The van der Waals surface area contributed by atoms with Gasteiger partial charge >= 0.3 is 17.9 Å². The Hall–Kier alpha value is -1.63. The zero-order valence-electron chi connectivity index (χ0n) is 14.6. The third-order valence-corrected chi connectivity index (χ3v) is 4.97. The van der Waals surface area contributed by atoms with Crippen molar-refractivity contribution in [2.24, 2.45) is 0 Å². The molecule has 0 aliphatic heterocycles. The number of hydrogen-bond donors (Lipinski definition) is 2. The van der Waals surface area contributed by atoms with Crippen LogP contribution in [-0.4, -0.2) is 45.9 Å². The largest absolute Gasteiger partial charge is 0.479 e. The van der Waals surface area contributed by atoms with E-state index in [9.17, 15) is 24.6 Å². The van der Waals surface area contributed by atoms with Gasteiger partial charge in [0.25, 0.3) is 0 Å². The van der Waals surface area contributed by atoms with Crippen LogP contribution >= 0.6 is 0 Å². The van der Waals surface area contributed by atoms with Gasteiger partial charge in [-0.05, 0) is 51.4 Å². The molecule has 2 N–H and O–H groups in total. The Morgan fingerprint density at radius 1 is 0.760 bits per heavy atom. The highest BCUT2D eigenvalue weighted by Gasteiger charge is 2.42. The number of carboxylic acids is 1. The van der Waals surface area contributed by atoms with Gasteiger partial charge in [-0.2, -0.15) is 0 Å². The number of aliphatic hydroxyl groups is 1. The Balaban J connectivity index is 1.86. The molecular weight excluding hydrogens is 328 g/mol. The summed E-state index contributed by atoms with van der Waals surface area (Å²) >= 11 is 0. The quantitative estimate of drug-likeness (QED) is 0.674. The molecule has 0 atom stereocenters. The zero-order chi connectivity index (χ0) is 18.3. The summed E-state index contributed by atoms with van der Waals surface area (Å²) in [5.41, 5.74) is -2.49. The Morgan fingerprint density at radius 3 is 1.44 bits per heavy atom. The first-order chi connectivity index (χ1) is 11.9. The molecule has 2 aliphatic rings. The zero-order valence-corrected chi connectivity index (χ0v) is 14.6. The average Bonchev–Trinajstić information content (AvgIpc) is 2.56. The molecule has 25 heavy (non-hydrogen) atoms. The van der Waals surface area contributed by atoms with Crippen molar-refractivity contribution in [2.75, 3.05) is 0 Å². The number of carboxylic acid groups (broad SMARTS) is 1. The number of aliphatic carboxylic acids is 1. The second-order valence-corrected chi connectivity index (χ2v) is 7.19. The van der Waals surface area contributed by atoms with Gasteiger partial charge in [0.05, 0.1) is 12.8 Å². The standard InChI is InChI=1S/C18H28O7/c19-15(24-13-7-3-1-4-8-13)11-18(23,17(21)22)12-16(20)25-14-9-5-2-6-10-14/h13-14,23H,1-12H2,(H,21,22). The summed E-state index contributed by atoms with van der Waals surface area (Å²) in [6.07, 6.45) is 7.11. The van der Waals surface area contributed by atoms with Gasteiger partial charge in [0.1, 0.15) is 12.2 Å². The Morgan fingerprint density at radius 2 is 1.12 bits per heavy atom. The summed E-state index contributed by atoms with van der Waals surface area (Å²) < 4.78 is 10.5. The van der Waals surface area contributed by atoms with E-state index in [1.807, 2.05) is 0 Å². The number of rotatable bonds is 7. The molecule has 0 radical (unpaired) electrons. The van der Waals surface area contributed by atoms with Crippen LogP contribution in [0.3, 0.4) is 0 Å². The molecule has 2 rings (SSSR count). The molecular formula is C18H28O7. The molecule has 0 aromatic rings. The summed E-state index contributed by atoms with van der Waals surface area (Å²) in [5, 5.41) is 19.6. The van der Waals surface area contributed by atoms with Gasteiger partial charge in [-0.1, -0.05) is 12.8 Å². The van der Waals surface area contributed by atoms with E-state index in [0.29, 0.717) is 0 Å². The van der Waals surface area contributed by atoms with Crippen molar-refractivity contribution < 1.29 is 34.1 Å². The van der Waals surface area contributed by atoms with E-state index < -0.39 is 36.4 Å². The lowest BCUT2D eigenvalue weighted by atomic mass is 9.94. The van der Waals surface area contributed by atoms with E-state index in [4.69, 9.17) is 9.47 Å². The minimum absolute atomic E-state index is 0.228. The summed E-state index contributed by atoms with van der Waals surface area (Å²) in [4.78, 5) is 35.4. The fourth-order valence-corrected chi connectivity index (χ4v) is 3.51. The molecule has 0 saturated heterocycles. The minimum Gasteiger partial charge on any atom is -0.479 e. The van der Waals surface area contributed by atoms with E-state index in [1.165, 1.54) is 0 Å². The maximum Gasteiger partial charge on any atom is 0.336 e. The molecule has 0 unspecified atom stereocenters. The van der Waals surface area contributed by atoms with Crippen molar-refractivity contribution >= 4 is 17.9 Å². The lowest BCUT2D eigenvalue weighted by Gasteiger charge is -2.27. The van der Waals surface area contributed by atoms with Gasteiger partial charge in [0, 0.05) is 0 Å². The first-order valence-corrected chi connectivity index (χ1v) is 9.24. The van der Waals surface area contributed by atoms with Crippen molar-refractivity contribution in [3.05, 3.63) is 0 Å². The van der Waals surface area contributed by atoms with Gasteiger partial charge in [0.2, 0.25) is 0 Å². The molecule has 7 heteroatoms. The predicted octanol–water partition coefficient (Wildman–Crippen LogP) is 2.33. The Kier molecular flexibility index (Phi) is 7.23. The number of esters is 2. The Labute approximate surface area is 147 Å². The van der Waals surface area contributed by atoms with Gasteiger partial charge in [-0.3, -0.25) is 9.59 Å². The first kappa shape index (κ1) is 19.7. The summed E-state index contributed by atoms with van der Waals surface area (Å²) in [5.74, 6) is -3.20. The van der Waals surface area contributed by atoms with Crippen LogP contribution in [0.4, 0.5) is 0 Å². The van der Waals surface area contributed by atoms with Gasteiger partial charge in [0.15, 0.2) is 5.60 Å². The fraction of sp³-hybridized carbons (Fsp3) is 0.833.